The molecule has 0 spiro atoms. The third kappa shape index (κ3) is 4.65. The van der Waals surface area contributed by atoms with E-state index in [1.54, 1.807) is 48.8 Å². The molecule has 0 aliphatic carbocycles. The number of nitrogens with zero attached hydrogens (tertiary/aromatic N) is 4. The Kier molecular flexibility index (Phi) is 5.49. The Morgan fingerprint density at radius 3 is 2.63 bits per heavy atom. The summed E-state index contributed by atoms with van der Waals surface area (Å²) < 4.78 is 0. The summed E-state index contributed by atoms with van der Waals surface area (Å²) in [5.74, 6) is -0.0619. The Labute approximate surface area is 166 Å². The van der Waals surface area contributed by atoms with Crippen LogP contribution >= 0.6 is 22.7 Å². The second-order valence-corrected chi connectivity index (χ2v) is 9.23. The molecule has 3 heterocycles. The van der Waals surface area contributed by atoms with Crippen molar-refractivity contribution in [1.29, 1.82) is 5.26 Å². The first kappa shape index (κ1) is 19.3. The molecule has 27 heavy (non-hydrogen) atoms. The van der Waals surface area contributed by atoms with Crippen LogP contribution in [0.4, 0.5) is 0 Å². The molecule has 0 unspecified atom stereocenters. The van der Waals surface area contributed by atoms with E-state index in [0.717, 1.165) is 32.0 Å². The van der Waals surface area contributed by atoms with E-state index in [2.05, 4.69) is 21.4 Å². The number of nitriles is 1. The quantitative estimate of drug-likeness (QED) is 0.548. The van der Waals surface area contributed by atoms with E-state index in [1.165, 1.54) is 0 Å². The van der Waals surface area contributed by atoms with Crippen LogP contribution in [0.15, 0.2) is 23.7 Å². The second-order valence-electron chi connectivity index (χ2n) is 7.08. The molecule has 138 valence electrons. The number of rotatable bonds is 6. The lowest BCUT2D eigenvalue weighted by Gasteiger charge is -2.13. The van der Waals surface area contributed by atoms with Crippen LogP contribution in [0.25, 0.3) is 10.6 Å². The van der Waals surface area contributed by atoms with Gasteiger partial charge in [0.1, 0.15) is 0 Å². The first-order chi connectivity index (χ1) is 12.8. The van der Waals surface area contributed by atoms with Gasteiger partial charge in [0, 0.05) is 35.7 Å². The van der Waals surface area contributed by atoms with Crippen molar-refractivity contribution in [1.82, 2.24) is 15.0 Å². The minimum Gasteiger partial charge on any atom is -0.294 e. The molecule has 0 bridgehead atoms. The minimum absolute atomic E-state index is 0.0619. The van der Waals surface area contributed by atoms with Crippen LogP contribution in [-0.4, -0.2) is 20.7 Å². The first-order valence-corrected chi connectivity index (χ1v) is 10.3. The molecule has 0 aromatic carbocycles. The van der Waals surface area contributed by atoms with Crippen LogP contribution in [0, 0.1) is 30.6 Å². The monoisotopic (exact) mass is 396 g/mol. The number of aromatic nitrogens is 3. The van der Waals surface area contributed by atoms with Gasteiger partial charge in [0.15, 0.2) is 5.78 Å². The fourth-order valence-electron chi connectivity index (χ4n) is 2.66. The third-order valence-corrected chi connectivity index (χ3v) is 6.02. The van der Waals surface area contributed by atoms with Crippen LogP contribution < -0.4 is 0 Å². The summed E-state index contributed by atoms with van der Waals surface area (Å²) in [6.07, 6.45) is 2.41. The molecule has 0 saturated carbocycles. The topological polar surface area (TPSA) is 79.5 Å². The van der Waals surface area contributed by atoms with Crippen LogP contribution in [-0.2, 0) is 6.42 Å². The zero-order valence-electron chi connectivity index (χ0n) is 15.7. The van der Waals surface area contributed by atoms with Gasteiger partial charge in [-0.1, -0.05) is 0 Å². The second kappa shape index (κ2) is 7.67. The highest BCUT2D eigenvalue weighted by molar-refractivity contribution is 7.15. The lowest BCUT2D eigenvalue weighted by Crippen LogP contribution is -2.15. The summed E-state index contributed by atoms with van der Waals surface area (Å²) in [5.41, 5.74) is 2.71. The summed E-state index contributed by atoms with van der Waals surface area (Å²) in [6.45, 7) is 7.53. The fourth-order valence-corrected chi connectivity index (χ4v) is 4.41. The molecule has 0 aliphatic heterocycles. The number of carbonyl (C=O) groups excluding carboxylic acids is 1. The molecule has 3 aromatic rings. The summed E-state index contributed by atoms with van der Waals surface area (Å²) in [6, 6.07) is 5.79. The number of hydrogen-bond donors (Lipinski definition) is 0. The number of hydrogen-bond acceptors (Lipinski definition) is 7. The Bertz CT molecular complexity index is 1010. The zero-order valence-corrected chi connectivity index (χ0v) is 17.4. The van der Waals surface area contributed by atoms with Crippen molar-refractivity contribution < 1.29 is 4.79 Å². The summed E-state index contributed by atoms with van der Waals surface area (Å²) in [7, 11) is 0. The van der Waals surface area contributed by atoms with Gasteiger partial charge in [0.25, 0.3) is 0 Å². The van der Waals surface area contributed by atoms with Crippen molar-refractivity contribution in [3.05, 3.63) is 50.7 Å². The van der Waals surface area contributed by atoms with E-state index in [1.807, 2.05) is 19.9 Å². The van der Waals surface area contributed by atoms with Crippen molar-refractivity contribution in [3.63, 3.8) is 0 Å². The Balaban J connectivity index is 1.70. The number of Topliss-reactive ketones (excluding diaryl/α,β-unsaturated/α-hetero) is 1. The van der Waals surface area contributed by atoms with Crippen LogP contribution in [0.1, 0.15) is 52.0 Å². The van der Waals surface area contributed by atoms with Crippen molar-refractivity contribution in [2.75, 3.05) is 0 Å². The zero-order chi connectivity index (χ0) is 19.6. The number of pyridine rings is 1. The lowest BCUT2D eigenvalue weighted by molar-refractivity contribution is 0.0951. The molecule has 5 nitrogen and oxygen atoms in total. The molecule has 0 fully saturated rings. The highest BCUT2D eigenvalue weighted by Crippen LogP contribution is 2.31. The van der Waals surface area contributed by atoms with Crippen molar-refractivity contribution >= 4 is 28.5 Å². The van der Waals surface area contributed by atoms with Gasteiger partial charge in [-0.25, -0.2) is 9.97 Å². The molecule has 0 saturated heterocycles. The predicted molar refractivity (Wildman–Crippen MR) is 108 cm³/mol. The Morgan fingerprint density at radius 2 is 2.04 bits per heavy atom. The van der Waals surface area contributed by atoms with E-state index in [9.17, 15) is 4.79 Å². The fraction of sp³-hybridized carbons (Fsp3) is 0.350. The molecule has 0 N–H and O–H groups in total. The van der Waals surface area contributed by atoms with Gasteiger partial charge in [0.2, 0.25) is 0 Å². The molecule has 0 aliphatic rings. The largest absolute Gasteiger partial charge is 0.294 e. The first-order valence-electron chi connectivity index (χ1n) is 8.55. The van der Waals surface area contributed by atoms with Crippen LogP contribution in [0.2, 0.25) is 0 Å². The standard InChI is InChI=1S/C20H20N4OS2/c1-12-19(27-13(2)23-12)16-10-26-18(24-16)7-15-6-5-14(9-22-15)17(25)8-20(3,4)11-21/h5-6,9-10H,7-8H2,1-4H3. The number of ketones is 1. The van der Waals surface area contributed by atoms with Crippen molar-refractivity contribution in [2.45, 2.75) is 40.5 Å². The van der Waals surface area contributed by atoms with Crippen LogP contribution in [0.5, 0.6) is 0 Å². The SMILES string of the molecule is Cc1nc(C)c(-c2csc(Cc3ccc(C(=O)CC(C)(C)C#N)cn3)n2)s1. The van der Waals surface area contributed by atoms with Crippen molar-refractivity contribution in [2.24, 2.45) is 5.41 Å². The molecular weight excluding hydrogens is 376 g/mol. The molecular formula is C20H20N4OS2. The number of aryl methyl sites for hydroxylation is 2. The number of thiazole rings is 2. The van der Waals surface area contributed by atoms with E-state index < -0.39 is 5.41 Å². The Morgan fingerprint density at radius 1 is 1.26 bits per heavy atom. The predicted octanol–water partition coefficient (Wildman–Crippen LogP) is 4.99. The van der Waals surface area contributed by atoms with Gasteiger partial charge in [-0.3, -0.25) is 9.78 Å². The highest BCUT2D eigenvalue weighted by Gasteiger charge is 2.22. The summed E-state index contributed by atoms with van der Waals surface area (Å²) in [5, 5.41) is 13.1. The maximum Gasteiger partial charge on any atom is 0.165 e. The van der Waals surface area contributed by atoms with E-state index in [-0.39, 0.29) is 12.2 Å². The van der Waals surface area contributed by atoms with E-state index in [4.69, 9.17) is 10.2 Å². The molecule has 0 amide bonds. The average Bonchev–Trinajstić information content (AvgIpc) is 3.21. The normalized spacial score (nSPS) is 11.4. The molecule has 0 atom stereocenters. The van der Waals surface area contributed by atoms with Crippen LogP contribution in [0.3, 0.4) is 0 Å². The number of carbonyl (C=O) groups is 1. The maximum absolute atomic E-state index is 12.3. The average molecular weight is 397 g/mol. The van der Waals surface area contributed by atoms with Gasteiger partial charge < -0.3 is 0 Å². The molecule has 3 aromatic heterocycles. The van der Waals surface area contributed by atoms with Gasteiger partial charge in [-0.15, -0.1) is 22.7 Å². The maximum atomic E-state index is 12.3. The van der Waals surface area contributed by atoms with E-state index in [0.29, 0.717) is 12.0 Å². The smallest absolute Gasteiger partial charge is 0.165 e. The Hall–Kier alpha value is -2.43. The minimum atomic E-state index is -0.666. The molecule has 7 heteroatoms. The summed E-state index contributed by atoms with van der Waals surface area (Å²) >= 11 is 3.26. The van der Waals surface area contributed by atoms with Gasteiger partial charge in [-0.05, 0) is 39.8 Å². The van der Waals surface area contributed by atoms with E-state index >= 15 is 0 Å². The third-order valence-electron chi connectivity index (χ3n) is 4.07. The molecule has 0 radical (unpaired) electrons. The van der Waals surface area contributed by atoms with Gasteiger partial charge in [-0.2, -0.15) is 5.26 Å². The summed E-state index contributed by atoms with van der Waals surface area (Å²) in [4.78, 5) is 27.0. The van der Waals surface area contributed by atoms with Gasteiger partial charge >= 0.3 is 0 Å². The highest BCUT2D eigenvalue weighted by atomic mass is 32.1. The van der Waals surface area contributed by atoms with Crippen molar-refractivity contribution in [3.8, 4) is 16.6 Å². The lowest BCUT2D eigenvalue weighted by atomic mass is 9.87. The van der Waals surface area contributed by atoms with Gasteiger partial charge in [0.05, 0.1) is 37.8 Å². The molecule has 3 rings (SSSR count).